The minimum atomic E-state index is -0.634. The summed E-state index contributed by atoms with van der Waals surface area (Å²) in [6.07, 6.45) is 2.53. The molecule has 0 bridgehead atoms. The summed E-state index contributed by atoms with van der Waals surface area (Å²) in [6.45, 7) is 3.52. The minimum Gasteiger partial charge on any atom is -0.347 e. The fourth-order valence-electron chi connectivity index (χ4n) is 1.80. The summed E-state index contributed by atoms with van der Waals surface area (Å²) in [7, 11) is 3.23. The number of unbranched alkanes of at least 4 members (excludes halogenated alkanes) is 1. The third kappa shape index (κ3) is 6.51. The van der Waals surface area contributed by atoms with Crippen molar-refractivity contribution in [3.63, 3.8) is 0 Å². The molecule has 0 saturated heterocycles. The maximum atomic E-state index is 12.1. The van der Waals surface area contributed by atoms with Crippen molar-refractivity contribution in [2.75, 3.05) is 20.6 Å². The van der Waals surface area contributed by atoms with Crippen molar-refractivity contribution >= 4 is 18.2 Å². The number of carbonyl (C=O) groups is 3. The average molecular weight is 287 g/mol. The SMILES string of the molecule is CCCC[C@@H](CN(O)C=O)C(=O)N[C@@H](C)C(=O)N(C)C. The topological polar surface area (TPSA) is 90.0 Å². The van der Waals surface area contributed by atoms with Gasteiger partial charge in [-0.05, 0) is 13.3 Å². The molecule has 0 rings (SSSR count). The van der Waals surface area contributed by atoms with Crippen LogP contribution in [0.4, 0.5) is 0 Å². The highest BCUT2D eigenvalue weighted by Crippen LogP contribution is 2.10. The summed E-state index contributed by atoms with van der Waals surface area (Å²) >= 11 is 0. The van der Waals surface area contributed by atoms with Crippen LogP contribution in [-0.2, 0) is 14.4 Å². The quantitative estimate of drug-likeness (QED) is 0.361. The van der Waals surface area contributed by atoms with E-state index >= 15 is 0 Å². The van der Waals surface area contributed by atoms with Crippen molar-refractivity contribution < 1.29 is 19.6 Å². The summed E-state index contributed by atoms with van der Waals surface area (Å²) in [6, 6.07) is -0.634. The molecule has 0 aromatic carbocycles. The van der Waals surface area contributed by atoms with Gasteiger partial charge in [-0.15, -0.1) is 0 Å². The second kappa shape index (κ2) is 9.30. The van der Waals surface area contributed by atoms with Gasteiger partial charge in [0.15, 0.2) is 0 Å². The maximum absolute atomic E-state index is 12.1. The Morgan fingerprint density at radius 1 is 1.35 bits per heavy atom. The predicted octanol–water partition coefficient (Wildman–Crippen LogP) is 0.233. The van der Waals surface area contributed by atoms with E-state index in [1.54, 1.807) is 21.0 Å². The van der Waals surface area contributed by atoms with E-state index < -0.39 is 12.0 Å². The average Bonchev–Trinajstić information content (AvgIpc) is 2.41. The molecule has 0 heterocycles. The molecule has 0 spiro atoms. The monoisotopic (exact) mass is 287 g/mol. The first-order chi connectivity index (χ1) is 9.33. The number of hydrogen-bond donors (Lipinski definition) is 2. The Hall–Kier alpha value is -1.63. The van der Waals surface area contributed by atoms with Gasteiger partial charge in [0.1, 0.15) is 6.04 Å². The molecular formula is C13H25N3O4. The van der Waals surface area contributed by atoms with E-state index in [0.29, 0.717) is 11.5 Å². The van der Waals surface area contributed by atoms with Crippen LogP contribution >= 0.6 is 0 Å². The molecule has 0 aliphatic carbocycles. The molecule has 116 valence electrons. The van der Waals surface area contributed by atoms with Crippen LogP contribution in [0.3, 0.4) is 0 Å². The zero-order chi connectivity index (χ0) is 15.7. The lowest BCUT2D eigenvalue weighted by molar-refractivity contribution is -0.155. The van der Waals surface area contributed by atoms with E-state index in [4.69, 9.17) is 0 Å². The molecule has 0 aliphatic rings. The van der Waals surface area contributed by atoms with Crippen molar-refractivity contribution in [3.8, 4) is 0 Å². The zero-order valence-corrected chi connectivity index (χ0v) is 12.6. The first-order valence-electron chi connectivity index (χ1n) is 6.75. The van der Waals surface area contributed by atoms with Gasteiger partial charge in [-0.2, -0.15) is 0 Å². The summed E-state index contributed by atoms with van der Waals surface area (Å²) in [4.78, 5) is 35.6. The standard InChI is InChI=1S/C13H25N3O4/c1-5-6-7-11(8-16(20)9-17)12(18)14-10(2)13(19)15(3)4/h9-11,20H,5-8H2,1-4H3,(H,14,18)/t10-,11-/m0/s1. The van der Waals surface area contributed by atoms with Gasteiger partial charge in [0.2, 0.25) is 18.2 Å². The molecule has 2 atom stereocenters. The van der Waals surface area contributed by atoms with Crippen molar-refractivity contribution in [2.24, 2.45) is 5.92 Å². The van der Waals surface area contributed by atoms with Crippen LogP contribution in [0.25, 0.3) is 0 Å². The lowest BCUT2D eigenvalue weighted by Gasteiger charge is -2.23. The number of likely N-dealkylation sites (N-methyl/N-ethyl adjacent to an activating group) is 1. The summed E-state index contributed by atoms with van der Waals surface area (Å²) < 4.78 is 0. The van der Waals surface area contributed by atoms with Crippen LogP contribution in [-0.4, -0.2) is 60.1 Å². The third-order valence-electron chi connectivity index (χ3n) is 2.98. The second-order valence-electron chi connectivity index (χ2n) is 5.03. The van der Waals surface area contributed by atoms with Crippen molar-refractivity contribution in [1.29, 1.82) is 0 Å². The zero-order valence-electron chi connectivity index (χ0n) is 12.6. The Bertz CT molecular complexity index is 334. The van der Waals surface area contributed by atoms with E-state index in [1.165, 1.54) is 4.90 Å². The highest BCUT2D eigenvalue weighted by atomic mass is 16.5. The number of hydrogen-bond acceptors (Lipinski definition) is 4. The van der Waals surface area contributed by atoms with Crippen LogP contribution in [0.5, 0.6) is 0 Å². The predicted molar refractivity (Wildman–Crippen MR) is 73.9 cm³/mol. The Morgan fingerprint density at radius 3 is 2.40 bits per heavy atom. The molecule has 7 nitrogen and oxygen atoms in total. The Morgan fingerprint density at radius 2 is 1.95 bits per heavy atom. The van der Waals surface area contributed by atoms with Gasteiger partial charge in [-0.3, -0.25) is 19.6 Å². The van der Waals surface area contributed by atoms with E-state index in [-0.39, 0.29) is 24.8 Å². The molecule has 0 fully saturated rings. The first-order valence-corrected chi connectivity index (χ1v) is 6.75. The van der Waals surface area contributed by atoms with Crippen molar-refractivity contribution in [1.82, 2.24) is 15.3 Å². The smallest absolute Gasteiger partial charge is 0.244 e. The van der Waals surface area contributed by atoms with E-state index in [2.05, 4.69) is 5.32 Å². The van der Waals surface area contributed by atoms with Crippen molar-refractivity contribution in [2.45, 2.75) is 39.2 Å². The highest BCUT2D eigenvalue weighted by Gasteiger charge is 2.24. The molecule has 0 saturated carbocycles. The first kappa shape index (κ1) is 18.4. The van der Waals surface area contributed by atoms with Gasteiger partial charge in [0, 0.05) is 14.1 Å². The minimum absolute atomic E-state index is 0.0712. The molecule has 20 heavy (non-hydrogen) atoms. The van der Waals surface area contributed by atoms with E-state index in [0.717, 1.165) is 12.8 Å². The largest absolute Gasteiger partial charge is 0.347 e. The highest BCUT2D eigenvalue weighted by molar-refractivity contribution is 5.88. The summed E-state index contributed by atoms with van der Waals surface area (Å²) in [5, 5.41) is 12.3. The fourth-order valence-corrected chi connectivity index (χ4v) is 1.80. The van der Waals surface area contributed by atoms with Crippen LogP contribution in [0, 0.1) is 5.92 Å². The fraction of sp³-hybridized carbons (Fsp3) is 0.769. The Balaban J connectivity index is 4.60. The van der Waals surface area contributed by atoms with Crippen LogP contribution in [0.2, 0.25) is 0 Å². The van der Waals surface area contributed by atoms with Gasteiger partial charge in [-0.1, -0.05) is 19.8 Å². The molecule has 0 aromatic rings. The number of nitrogens with one attached hydrogen (secondary N) is 1. The molecule has 0 radical (unpaired) electrons. The van der Waals surface area contributed by atoms with Gasteiger partial charge in [0.05, 0.1) is 12.5 Å². The lowest BCUT2D eigenvalue weighted by atomic mass is 10.0. The number of amides is 3. The number of rotatable bonds is 9. The maximum Gasteiger partial charge on any atom is 0.244 e. The van der Waals surface area contributed by atoms with E-state index in [1.807, 2.05) is 6.92 Å². The van der Waals surface area contributed by atoms with Crippen LogP contribution in [0.1, 0.15) is 33.1 Å². The van der Waals surface area contributed by atoms with Crippen LogP contribution in [0.15, 0.2) is 0 Å². The molecule has 0 aliphatic heterocycles. The summed E-state index contributed by atoms with van der Waals surface area (Å²) in [5.74, 6) is -1.06. The third-order valence-corrected chi connectivity index (χ3v) is 2.98. The molecule has 0 unspecified atom stereocenters. The van der Waals surface area contributed by atoms with Gasteiger partial charge in [0.25, 0.3) is 0 Å². The molecule has 7 heteroatoms. The van der Waals surface area contributed by atoms with Gasteiger partial charge >= 0.3 is 0 Å². The Labute approximate surface area is 119 Å². The van der Waals surface area contributed by atoms with Gasteiger partial charge < -0.3 is 10.2 Å². The molecule has 3 amide bonds. The summed E-state index contributed by atoms with van der Waals surface area (Å²) in [5.41, 5.74) is 0. The molecule has 0 aromatic heterocycles. The lowest BCUT2D eigenvalue weighted by Crippen LogP contribution is -2.47. The van der Waals surface area contributed by atoms with E-state index in [9.17, 15) is 19.6 Å². The normalized spacial score (nSPS) is 13.2. The van der Waals surface area contributed by atoms with Crippen LogP contribution < -0.4 is 5.32 Å². The van der Waals surface area contributed by atoms with Gasteiger partial charge in [-0.25, -0.2) is 5.06 Å². The number of carbonyl (C=O) groups excluding carboxylic acids is 3. The second-order valence-corrected chi connectivity index (χ2v) is 5.03. The number of nitrogens with zero attached hydrogens (tertiary/aromatic N) is 2. The molecule has 2 N–H and O–H groups in total. The molecular weight excluding hydrogens is 262 g/mol. The Kier molecular flexibility index (Phi) is 8.54. The van der Waals surface area contributed by atoms with Crippen molar-refractivity contribution in [3.05, 3.63) is 0 Å². The number of hydroxylamine groups is 2.